The zero-order valence-corrected chi connectivity index (χ0v) is 9.93. The van der Waals surface area contributed by atoms with Gasteiger partial charge in [0, 0.05) is 17.3 Å². The molecule has 1 rings (SSSR count). The minimum atomic E-state index is 0.345. The van der Waals surface area contributed by atoms with Gasteiger partial charge in [0.05, 0.1) is 0 Å². The van der Waals surface area contributed by atoms with Crippen LogP contribution >= 0.6 is 23.5 Å². The Hall–Kier alpha value is 0.660. The van der Waals surface area contributed by atoms with E-state index in [9.17, 15) is 0 Å². The van der Waals surface area contributed by atoms with Crippen molar-refractivity contribution < 1.29 is 0 Å². The lowest BCUT2D eigenvalue weighted by Crippen LogP contribution is -2.41. The Morgan fingerprint density at radius 2 is 1.50 bits per heavy atom. The summed E-state index contributed by atoms with van der Waals surface area (Å²) in [6.07, 6.45) is 1.38. The van der Waals surface area contributed by atoms with Gasteiger partial charge in [-0.1, -0.05) is 0 Å². The summed E-state index contributed by atoms with van der Waals surface area (Å²) in [5.74, 6) is 5.08. The molecule has 0 amide bonds. The quantitative estimate of drug-likeness (QED) is 0.599. The summed E-state index contributed by atoms with van der Waals surface area (Å²) >= 11 is 4.15. The molecular weight excluding hydrogens is 186 g/mol. The molecule has 0 unspecified atom stereocenters. The van der Waals surface area contributed by atoms with E-state index >= 15 is 0 Å². The van der Waals surface area contributed by atoms with Gasteiger partial charge in [0.1, 0.15) is 0 Å². The fraction of sp³-hybridized carbons (Fsp3) is 1.00. The Bertz CT molecular complexity index is 123. The Balaban J connectivity index is 2.40. The zero-order chi connectivity index (χ0) is 9.03. The van der Waals surface area contributed by atoms with Crippen LogP contribution in [0.25, 0.3) is 0 Å². The Morgan fingerprint density at radius 1 is 1.00 bits per heavy atom. The van der Waals surface area contributed by atoms with E-state index in [0.717, 1.165) is 0 Å². The van der Waals surface area contributed by atoms with Crippen LogP contribution in [0.2, 0.25) is 0 Å². The van der Waals surface area contributed by atoms with Crippen molar-refractivity contribution in [1.82, 2.24) is 4.90 Å². The molecule has 1 saturated heterocycles. The van der Waals surface area contributed by atoms with E-state index in [1.54, 1.807) is 0 Å². The second kappa shape index (κ2) is 4.77. The summed E-state index contributed by atoms with van der Waals surface area (Å²) in [5.41, 5.74) is 0.345. The van der Waals surface area contributed by atoms with Crippen molar-refractivity contribution in [2.24, 2.45) is 0 Å². The first kappa shape index (κ1) is 10.7. The van der Waals surface area contributed by atoms with Gasteiger partial charge in [-0.25, -0.2) is 0 Å². The average Bonchev–Trinajstić information content (AvgIpc) is 1.81. The molecule has 12 heavy (non-hydrogen) atoms. The highest BCUT2D eigenvalue weighted by Gasteiger charge is 2.21. The predicted octanol–water partition coefficient (Wildman–Crippen LogP) is 2.87. The monoisotopic (exact) mass is 205 g/mol. The van der Waals surface area contributed by atoms with Crippen LogP contribution < -0.4 is 0 Å². The van der Waals surface area contributed by atoms with Gasteiger partial charge in [0.15, 0.2) is 0 Å². The SMILES string of the molecule is CC(C)(C)N1CSCCCSC1. The lowest BCUT2D eigenvalue weighted by Gasteiger charge is -2.35. The molecule has 0 aromatic carbocycles. The molecule has 1 fully saturated rings. The van der Waals surface area contributed by atoms with Crippen molar-refractivity contribution >= 4 is 23.5 Å². The highest BCUT2D eigenvalue weighted by atomic mass is 32.2. The zero-order valence-electron chi connectivity index (χ0n) is 8.30. The van der Waals surface area contributed by atoms with E-state index in [-0.39, 0.29) is 0 Å². The molecule has 0 saturated carbocycles. The van der Waals surface area contributed by atoms with Gasteiger partial charge in [-0.05, 0) is 38.7 Å². The van der Waals surface area contributed by atoms with Crippen molar-refractivity contribution in [3.8, 4) is 0 Å². The first-order chi connectivity index (χ1) is 5.61. The molecule has 0 aromatic heterocycles. The van der Waals surface area contributed by atoms with Gasteiger partial charge in [-0.3, -0.25) is 4.90 Å². The second-order valence-electron chi connectivity index (χ2n) is 4.14. The molecule has 1 aliphatic rings. The summed E-state index contributed by atoms with van der Waals surface area (Å²) in [5, 5.41) is 0. The van der Waals surface area contributed by atoms with Crippen molar-refractivity contribution in [2.75, 3.05) is 23.3 Å². The predicted molar refractivity (Wildman–Crippen MR) is 60.9 cm³/mol. The molecule has 1 nitrogen and oxygen atoms in total. The van der Waals surface area contributed by atoms with Crippen LogP contribution in [0.4, 0.5) is 0 Å². The van der Waals surface area contributed by atoms with Crippen molar-refractivity contribution in [1.29, 1.82) is 0 Å². The molecule has 0 spiro atoms. The van der Waals surface area contributed by atoms with Crippen LogP contribution in [0.3, 0.4) is 0 Å². The third-order valence-corrected chi connectivity index (χ3v) is 4.16. The molecule has 0 atom stereocenters. The van der Waals surface area contributed by atoms with Gasteiger partial charge in [0.25, 0.3) is 0 Å². The van der Waals surface area contributed by atoms with E-state index in [4.69, 9.17) is 0 Å². The van der Waals surface area contributed by atoms with E-state index in [1.807, 2.05) is 0 Å². The van der Waals surface area contributed by atoms with Gasteiger partial charge in [0.2, 0.25) is 0 Å². The molecular formula is C9H19NS2. The number of hydrogen-bond donors (Lipinski definition) is 0. The van der Waals surface area contributed by atoms with E-state index in [1.165, 1.54) is 29.7 Å². The van der Waals surface area contributed by atoms with Gasteiger partial charge >= 0.3 is 0 Å². The maximum atomic E-state index is 2.56. The third-order valence-electron chi connectivity index (χ3n) is 2.02. The fourth-order valence-corrected chi connectivity index (χ4v) is 3.69. The normalized spacial score (nSPS) is 23.2. The lowest BCUT2D eigenvalue weighted by molar-refractivity contribution is 0.199. The van der Waals surface area contributed by atoms with Crippen molar-refractivity contribution in [2.45, 2.75) is 32.7 Å². The number of rotatable bonds is 0. The minimum absolute atomic E-state index is 0.345. The standard InChI is InChI=1S/C9H19NS2/c1-9(2,3)10-7-11-5-4-6-12-8-10/h4-8H2,1-3H3. The third kappa shape index (κ3) is 3.58. The van der Waals surface area contributed by atoms with Gasteiger partial charge in [-0.15, -0.1) is 23.5 Å². The van der Waals surface area contributed by atoms with Crippen LogP contribution in [0.15, 0.2) is 0 Å². The summed E-state index contributed by atoms with van der Waals surface area (Å²) < 4.78 is 0. The second-order valence-corrected chi connectivity index (χ2v) is 6.29. The summed E-state index contributed by atoms with van der Waals surface area (Å²) in [7, 11) is 0. The maximum absolute atomic E-state index is 2.56. The fourth-order valence-electron chi connectivity index (χ4n) is 1.04. The number of hydrogen-bond acceptors (Lipinski definition) is 3. The molecule has 0 radical (unpaired) electrons. The minimum Gasteiger partial charge on any atom is -0.280 e. The van der Waals surface area contributed by atoms with Crippen LogP contribution in [-0.2, 0) is 0 Å². The first-order valence-corrected chi connectivity index (χ1v) is 6.82. The molecule has 72 valence electrons. The van der Waals surface area contributed by atoms with Crippen LogP contribution in [0.5, 0.6) is 0 Å². The van der Waals surface area contributed by atoms with Crippen molar-refractivity contribution in [3.05, 3.63) is 0 Å². The topological polar surface area (TPSA) is 3.24 Å². The van der Waals surface area contributed by atoms with E-state index < -0.39 is 0 Å². The highest BCUT2D eigenvalue weighted by Crippen LogP contribution is 2.23. The highest BCUT2D eigenvalue weighted by molar-refractivity contribution is 8.00. The summed E-state index contributed by atoms with van der Waals surface area (Å²) in [4.78, 5) is 2.56. The smallest absolute Gasteiger partial charge is 0.0457 e. The first-order valence-electron chi connectivity index (χ1n) is 4.51. The summed E-state index contributed by atoms with van der Waals surface area (Å²) in [6, 6.07) is 0. The number of nitrogens with zero attached hydrogens (tertiary/aromatic N) is 1. The maximum Gasteiger partial charge on any atom is 0.0457 e. The molecule has 3 heteroatoms. The van der Waals surface area contributed by atoms with Crippen LogP contribution in [-0.4, -0.2) is 33.7 Å². The molecule has 0 bridgehead atoms. The molecule has 0 N–H and O–H groups in total. The van der Waals surface area contributed by atoms with Crippen molar-refractivity contribution in [3.63, 3.8) is 0 Å². The Morgan fingerprint density at radius 3 is 1.92 bits per heavy atom. The lowest BCUT2D eigenvalue weighted by atomic mass is 10.1. The Kier molecular flexibility index (Phi) is 4.27. The van der Waals surface area contributed by atoms with Crippen LogP contribution in [0.1, 0.15) is 27.2 Å². The van der Waals surface area contributed by atoms with Crippen LogP contribution in [0, 0.1) is 0 Å². The summed E-state index contributed by atoms with van der Waals surface area (Å²) in [6.45, 7) is 6.90. The van der Waals surface area contributed by atoms with Gasteiger partial charge < -0.3 is 0 Å². The number of thioether (sulfide) groups is 2. The van der Waals surface area contributed by atoms with E-state index in [2.05, 4.69) is 49.2 Å². The molecule has 0 aliphatic carbocycles. The largest absolute Gasteiger partial charge is 0.280 e. The van der Waals surface area contributed by atoms with Gasteiger partial charge in [-0.2, -0.15) is 0 Å². The molecule has 1 heterocycles. The molecule has 0 aromatic rings. The van der Waals surface area contributed by atoms with E-state index in [0.29, 0.717) is 5.54 Å². The average molecular weight is 205 g/mol. The molecule has 1 aliphatic heterocycles. The Labute approximate surface area is 84.7 Å².